The van der Waals surface area contributed by atoms with Crippen LogP contribution >= 0.6 is 0 Å². The Bertz CT molecular complexity index is 854. The van der Waals surface area contributed by atoms with Gasteiger partial charge >= 0.3 is 12.1 Å². The van der Waals surface area contributed by atoms with Crippen molar-refractivity contribution < 1.29 is 26.8 Å². The van der Waals surface area contributed by atoms with Gasteiger partial charge in [-0.2, -0.15) is 18.2 Å². The second-order valence-corrected chi connectivity index (χ2v) is 5.02. The molecule has 0 aliphatic heterocycles. The number of hydrogen-bond acceptors (Lipinski definition) is 4. The summed E-state index contributed by atoms with van der Waals surface area (Å²) in [5, 5.41) is 3.31. The zero-order valence-corrected chi connectivity index (χ0v) is 12.3. The van der Waals surface area contributed by atoms with Crippen molar-refractivity contribution in [1.82, 2.24) is 10.1 Å². The van der Waals surface area contributed by atoms with Crippen LogP contribution in [0.2, 0.25) is 0 Å². The predicted molar refractivity (Wildman–Crippen MR) is 75.9 cm³/mol. The van der Waals surface area contributed by atoms with Gasteiger partial charge in [0, 0.05) is 11.6 Å². The molecular formula is C16H10F4N2O2. The van der Waals surface area contributed by atoms with E-state index in [9.17, 15) is 17.6 Å². The zero-order chi connectivity index (χ0) is 17.3. The summed E-state index contributed by atoms with van der Waals surface area (Å²) < 4.78 is 60.6. The van der Waals surface area contributed by atoms with E-state index < -0.39 is 17.9 Å². The fourth-order valence-corrected chi connectivity index (χ4v) is 2.05. The molecule has 0 aliphatic carbocycles. The van der Waals surface area contributed by atoms with Crippen molar-refractivity contribution in [3.63, 3.8) is 0 Å². The van der Waals surface area contributed by atoms with Crippen LogP contribution < -0.4 is 4.74 Å². The summed E-state index contributed by atoms with van der Waals surface area (Å²) in [7, 11) is 0. The summed E-state index contributed by atoms with van der Waals surface area (Å²) in [6.07, 6.45) is -4.71. The minimum Gasteiger partial charge on any atom is -0.457 e. The van der Waals surface area contributed by atoms with E-state index in [1.54, 1.807) is 25.1 Å². The van der Waals surface area contributed by atoms with E-state index in [0.717, 1.165) is 0 Å². The number of aromatic nitrogens is 2. The molecule has 0 aliphatic rings. The molecule has 1 heterocycles. The third-order valence-corrected chi connectivity index (χ3v) is 3.01. The van der Waals surface area contributed by atoms with Crippen molar-refractivity contribution in [2.45, 2.75) is 13.1 Å². The van der Waals surface area contributed by atoms with Gasteiger partial charge in [0.15, 0.2) is 0 Å². The molecule has 0 amide bonds. The van der Waals surface area contributed by atoms with Crippen LogP contribution in [0.1, 0.15) is 11.5 Å². The summed E-state index contributed by atoms with van der Waals surface area (Å²) in [5.74, 6) is -1.52. The smallest absolute Gasteiger partial charge is 0.457 e. The maximum absolute atomic E-state index is 13.4. The number of rotatable bonds is 3. The molecule has 0 spiro atoms. The SMILES string of the molecule is Cc1cc(F)cc(Oc2cccc(-c3noc(C(F)(F)F)n3)c2)c1. The van der Waals surface area contributed by atoms with Crippen LogP contribution in [0.3, 0.4) is 0 Å². The Labute approximate surface area is 133 Å². The first-order valence-electron chi connectivity index (χ1n) is 6.78. The Morgan fingerprint density at radius 1 is 1.04 bits per heavy atom. The number of alkyl halides is 3. The molecule has 0 fully saturated rings. The van der Waals surface area contributed by atoms with Gasteiger partial charge < -0.3 is 9.26 Å². The van der Waals surface area contributed by atoms with Gasteiger partial charge in [-0.25, -0.2) is 4.39 Å². The molecule has 8 heteroatoms. The maximum atomic E-state index is 13.4. The summed E-state index contributed by atoms with van der Waals surface area (Å²) in [6, 6.07) is 10.3. The van der Waals surface area contributed by atoms with Gasteiger partial charge in [-0.1, -0.05) is 17.3 Å². The van der Waals surface area contributed by atoms with E-state index in [1.807, 2.05) is 0 Å². The monoisotopic (exact) mass is 338 g/mol. The van der Waals surface area contributed by atoms with Crippen molar-refractivity contribution in [1.29, 1.82) is 0 Å². The first-order valence-corrected chi connectivity index (χ1v) is 6.78. The van der Waals surface area contributed by atoms with Gasteiger partial charge in [-0.05, 0) is 36.8 Å². The maximum Gasteiger partial charge on any atom is 0.471 e. The van der Waals surface area contributed by atoms with Crippen molar-refractivity contribution in [2.75, 3.05) is 0 Å². The molecule has 0 bridgehead atoms. The van der Waals surface area contributed by atoms with Crippen molar-refractivity contribution >= 4 is 0 Å². The zero-order valence-electron chi connectivity index (χ0n) is 12.3. The number of benzene rings is 2. The number of nitrogens with zero attached hydrogens (tertiary/aromatic N) is 2. The Morgan fingerprint density at radius 3 is 2.50 bits per heavy atom. The molecule has 4 nitrogen and oxygen atoms in total. The van der Waals surface area contributed by atoms with Crippen molar-refractivity contribution in [3.05, 3.63) is 59.7 Å². The molecule has 0 saturated heterocycles. The fraction of sp³-hybridized carbons (Fsp3) is 0.125. The Kier molecular flexibility index (Phi) is 3.96. The van der Waals surface area contributed by atoms with E-state index in [2.05, 4.69) is 14.7 Å². The normalized spacial score (nSPS) is 11.5. The Balaban J connectivity index is 1.88. The van der Waals surface area contributed by atoms with E-state index in [1.165, 1.54) is 24.3 Å². The molecule has 0 N–H and O–H groups in total. The second kappa shape index (κ2) is 5.95. The van der Waals surface area contributed by atoms with Crippen molar-refractivity contribution in [3.8, 4) is 22.9 Å². The van der Waals surface area contributed by atoms with Gasteiger partial charge in [0.05, 0.1) is 0 Å². The minimum absolute atomic E-state index is 0.219. The third-order valence-electron chi connectivity index (χ3n) is 3.01. The first kappa shape index (κ1) is 16.0. The van der Waals surface area contributed by atoms with Gasteiger partial charge in [0.1, 0.15) is 17.3 Å². The van der Waals surface area contributed by atoms with Gasteiger partial charge in [-0.15, -0.1) is 0 Å². The molecule has 124 valence electrons. The number of halogens is 4. The highest BCUT2D eigenvalue weighted by molar-refractivity contribution is 5.57. The van der Waals surface area contributed by atoms with Crippen LogP contribution in [-0.2, 0) is 6.18 Å². The van der Waals surface area contributed by atoms with Crippen LogP contribution in [-0.4, -0.2) is 10.1 Å². The molecule has 0 radical (unpaired) electrons. The highest BCUT2D eigenvalue weighted by Gasteiger charge is 2.38. The van der Waals surface area contributed by atoms with E-state index >= 15 is 0 Å². The van der Waals surface area contributed by atoms with E-state index in [4.69, 9.17) is 4.74 Å². The van der Waals surface area contributed by atoms with Gasteiger partial charge in [0.2, 0.25) is 5.82 Å². The summed E-state index contributed by atoms with van der Waals surface area (Å²) in [4.78, 5) is 3.31. The Morgan fingerprint density at radius 2 is 1.83 bits per heavy atom. The molecule has 1 aromatic heterocycles. The summed E-state index contributed by atoms with van der Waals surface area (Å²) >= 11 is 0. The summed E-state index contributed by atoms with van der Waals surface area (Å²) in [5.41, 5.74) is 0.953. The van der Waals surface area contributed by atoms with Crippen LogP contribution in [0.4, 0.5) is 17.6 Å². The van der Waals surface area contributed by atoms with E-state index in [-0.39, 0.29) is 17.1 Å². The molecule has 0 unspecified atom stereocenters. The lowest BCUT2D eigenvalue weighted by atomic mass is 10.2. The largest absolute Gasteiger partial charge is 0.471 e. The molecule has 0 atom stereocenters. The standard InChI is InChI=1S/C16H10F4N2O2/c1-9-5-11(17)8-13(6-9)23-12-4-2-3-10(7-12)14-21-15(24-22-14)16(18,19)20/h2-8H,1H3. The highest BCUT2D eigenvalue weighted by Crippen LogP contribution is 2.31. The Hall–Kier alpha value is -2.90. The molecule has 24 heavy (non-hydrogen) atoms. The van der Waals surface area contributed by atoms with E-state index in [0.29, 0.717) is 11.3 Å². The number of ether oxygens (including phenoxy) is 1. The molecular weight excluding hydrogens is 328 g/mol. The van der Waals surface area contributed by atoms with Gasteiger partial charge in [0.25, 0.3) is 0 Å². The molecule has 3 aromatic rings. The lowest BCUT2D eigenvalue weighted by Crippen LogP contribution is -2.04. The molecule has 2 aromatic carbocycles. The molecule has 0 saturated carbocycles. The van der Waals surface area contributed by atoms with Crippen LogP contribution in [0.25, 0.3) is 11.4 Å². The quantitative estimate of drug-likeness (QED) is 0.631. The van der Waals surface area contributed by atoms with Crippen molar-refractivity contribution in [2.24, 2.45) is 0 Å². The summed E-state index contributed by atoms with van der Waals surface area (Å²) in [6.45, 7) is 1.71. The van der Waals surface area contributed by atoms with Gasteiger partial charge in [-0.3, -0.25) is 0 Å². The first-order chi connectivity index (χ1) is 11.3. The van der Waals surface area contributed by atoms with Crippen LogP contribution in [0.15, 0.2) is 47.0 Å². The average molecular weight is 338 g/mol. The lowest BCUT2D eigenvalue weighted by Gasteiger charge is -2.07. The predicted octanol–water partition coefficient (Wildman–Crippen LogP) is 5.00. The second-order valence-electron chi connectivity index (χ2n) is 5.02. The average Bonchev–Trinajstić information content (AvgIpc) is 2.96. The highest BCUT2D eigenvalue weighted by atomic mass is 19.4. The molecule has 3 rings (SSSR count). The lowest BCUT2D eigenvalue weighted by molar-refractivity contribution is -0.159. The van der Waals surface area contributed by atoms with Crippen LogP contribution in [0.5, 0.6) is 11.5 Å². The fourth-order valence-electron chi connectivity index (χ4n) is 2.05. The minimum atomic E-state index is -4.71. The topological polar surface area (TPSA) is 48.2 Å². The number of hydrogen-bond donors (Lipinski definition) is 0. The number of aryl methyl sites for hydroxylation is 1. The van der Waals surface area contributed by atoms with Crippen LogP contribution in [0, 0.1) is 12.7 Å². The third kappa shape index (κ3) is 3.53.